The van der Waals surface area contributed by atoms with E-state index in [2.05, 4.69) is 31.3 Å². The van der Waals surface area contributed by atoms with Crippen molar-refractivity contribution in [2.45, 2.75) is 46.1 Å². The van der Waals surface area contributed by atoms with E-state index in [1.54, 1.807) is 0 Å². The van der Waals surface area contributed by atoms with Gasteiger partial charge in [0, 0.05) is 19.7 Å². The predicted molar refractivity (Wildman–Crippen MR) is 88.7 cm³/mol. The number of piperidine rings is 1. The largest absolute Gasteiger partial charge is 0.396 e. The van der Waals surface area contributed by atoms with E-state index in [9.17, 15) is 9.90 Å². The molecule has 2 amide bonds. The summed E-state index contributed by atoms with van der Waals surface area (Å²) in [5.74, 6) is 0. The van der Waals surface area contributed by atoms with Crippen LogP contribution < -0.4 is 5.32 Å². The van der Waals surface area contributed by atoms with Gasteiger partial charge in [-0.1, -0.05) is 31.2 Å². The molecular formula is C18H28N2O2. The molecule has 22 heavy (non-hydrogen) atoms. The molecule has 1 fully saturated rings. The van der Waals surface area contributed by atoms with Gasteiger partial charge in [-0.2, -0.15) is 0 Å². The maximum atomic E-state index is 12.4. The third-order valence-corrected chi connectivity index (χ3v) is 5.19. The maximum absolute atomic E-state index is 12.4. The van der Waals surface area contributed by atoms with Gasteiger partial charge in [-0.25, -0.2) is 4.79 Å². The summed E-state index contributed by atoms with van der Waals surface area (Å²) in [5.41, 5.74) is 2.36. The molecule has 1 unspecified atom stereocenters. The normalized spacial score (nSPS) is 18.8. The van der Waals surface area contributed by atoms with Crippen LogP contribution in [0.15, 0.2) is 24.3 Å². The topological polar surface area (TPSA) is 52.6 Å². The number of urea groups is 1. The van der Waals surface area contributed by atoms with Crippen LogP contribution in [0.1, 0.15) is 50.3 Å². The minimum absolute atomic E-state index is 0.00149. The molecule has 4 heteroatoms. The second-order valence-electron chi connectivity index (χ2n) is 6.53. The van der Waals surface area contributed by atoms with Crippen molar-refractivity contribution in [3.63, 3.8) is 0 Å². The Kier molecular flexibility index (Phi) is 5.46. The second-order valence-corrected chi connectivity index (χ2v) is 6.53. The Labute approximate surface area is 133 Å². The predicted octanol–water partition coefficient (Wildman–Crippen LogP) is 3.25. The van der Waals surface area contributed by atoms with Crippen molar-refractivity contribution >= 4 is 6.03 Å². The summed E-state index contributed by atoms with van der Waals surface area (Å²) in [6.45, 7) is 7.87. The quantitative estimate of drug-likeness (QED) is 0.897. The minimum atomic E-state index is -0.00149. The lowest BCUT2D eigenvalue weighted by molar-refractivity contribution is 0.0516. The number of hydrogen-bond acceptors (Lipinski definition) is 2. The molecule has 1 aromatic rings. The third kappa shape index (κ3) is 3.61. The number of carbonyl (C=O) groups is 1. The van der Waals surface area contributed by atoms with Gasteiger partial charge in [0.25, 0.3) is 0 Å². The highest BCUT2D eigenvalue weighted by atomic mass is 16.3. The first-order valence-corrected chi connectivity index (χ1v) is 8.23. The molecule has 122 valence electrons. The zero-order valence-corrected chi connectivity index (χ0v) is 13.9. The number of carbonyl (C=O) groups excluding carboxylic acids is 1. The van der Waals surface area contributed by atoms with Gasteiger partial charge in [-0.15, -0.1) is 0 Å². The molecule has 0 aromatic heterocycles. The number of likely N-dealkylation sites (tertiary alicyclic amines) is 1. The number of aliphatic hydroxyl groups excluding tert-OH is 1. The summed E-state index contributed by atoms with van der Waals surface area (Å²) in [6.07, 6.45) is 2.73. The van der Waals surface area contributed by atoms with Gasteiger partial charge in [-0.05, 0) is 49.7 Å². The van der Waals surface area contributed by atoms with E-state index in [1.165, 1.54) is 5.56 Å². The first kappa shape index (κ1) is 16.8. The first-order chi connectivity index (χ1) is 10.5. The summed E-state index contributed by atoms with van der Waals surface area (Å²) >= 11 is 0. The minimum Gasteiger partial charge on any atom is -0.396 e. The average Bonchev–Trinajstić information content (AvgIpc) is 2.55. The lowest BCUT2D eigenvalue weighted by Crippen LogP contribution is -2.48. The van der Waals surface area contributed by atoms with Crippen LogP contribution in [0, 0.1) is 12.3 Å². The Morgan fingerprint density at radius 1 is 1.36 bits per heavy atom. The molecule has 0 bridgehead atoms. The van der Waals surface area contributed by atoms with Crippen molar-refractivity contribution in [1.82, 2.24) is 10.2 Å². The van der Waals surface area contributed by atoms with Crippen LogP contribution in [0.3, 0.4) is 0 Å². The lowest BCUT2D eigenvalue weighted by Gasteiger charge is -2.40. The second kappa shape index (κ2) is 7.14. The summed E-state index contributed by atoms with van der Waals surface area (Å²) in [6, 6.07) is 8.14. The monoisotopic (exact) mass is 304 g/mol. The van der Waals surface area contributed by atoms with Gasteiger partial charge < -0.3 is 15.3 Å². The molecule has 1 aromatic carbocycles. The number of rotatable bonds is 4. The fourth-order valence-electron chi connectivity index (χ4n) is 3.23. The molecule has 4 nitrogen and oxygen atoms in total. The van der Waals surface area contributed by atoms with E-state index < -0.39 is 0 Å². The summed E-state index contributed by atoms with van der Waals surface area (Å²) < 4.78 is 0. The van der Waals surface area contributed by atoms with Gasteiger partial charge in [0.1, 0.15) is 0 Å². The molecule has 1 atom stereocenters. The standard InChI is InChI=1S/C18H28N2O2/c1-4-18(13-21)9-11-20(12-10-18)17(22)19-15(3)16-8-6-5-7-14(16)2/h5-8,15,21H,4,9-13H2,1-3H3,(H,19,22). The molecule has 1 aliphatic rings. The molecule has 0 saturated carbocycles. The molecule has 0 spiro atoms. The number of amides is 2. The molecular weight excluding hydrogens is 276 g/mol. The molecule has 2 N–H and O–H groups in total. The van der Waals surface area contributed by atoms with Crippen molar-refractivity contribution in [2.24, 2.45) is 5.41 Å². The Morgan fingerprint density at radius 3 is 2.55 bits per heavy atom. The Bertz CT molecular complexity index is 502. The van der Waals surface area contributed by atoms with Crippen LogP contribution in [0.5, 0.6) is 0 Å². The van der Waals surface area contributed by atoms with E-state index in [4.69, 9.17) is 0 Å². The van der Waals surface area contributed by atoms with Crippen LogP contribution in [0.4, 0.5) is 4.79 Å². The highest BCUT2D eigenvalue weighted by molar-refractivity contribution is 5.74. The number of aryl methyl sites for hydroxylation is 1. The van der Waals surface area contributed by atoms with Gasteiger partial charge in [0.05, 0.1) is 6.04 Å². The van der Waals surface area contributed by atoms with E-state index >= 15 is 0 Å². The zero-order chi connectivity index (χ0) is 16.2. The number of hydrogen-bond donors (Lipinski definition) is 2. The van der Waals surface area contributed by atoms with Gasteiger partial charge >= 0.3 is 6.03 Å². The van der Waals surface area contributed by atoms with Crippen molar-refractivity contribution in [3.05, 3.63) is 35.4 Å². The maximum Gasteiger partial charge on any atom is 0.317 e. The fraction of sp³-hybridized carbons (Fsp3) is 0.611. The van der Waals surface area contributed by atoms with E-state index in [0.29, 0.717) is 0 Å². The first-order valence-electron chi connectivity index (χ1n) is 8.23. The van der Waals surface area contributed by atoms with Crippen LogP contribution >= 0.6 is 0 Å². The highest BCUT2D eigenvalue weighted by Gasteiger charge is 2.34. The summed E-state index contributed by atoms with van der Waals surface area (Å²) in [7, 11) is 0. The number of nitrogens with zero attached hydrogens (tertiary/aromatic N) is 1. The van der Waals surface area contributed by atoms with Crippen LogP contribution in [-0.2, 0) is 0 Å². The molecule has 1 heterocycles. The number of benzene rings is 1. The van der Waals surface area contributed by atoms with Gasteiger partial charge in [0.2, 0.25) is 0 Å². The smallest absolute Gasteiger partial charge is 0.317 e. The van der Waals surface area contributed by atoms with Crippen molar-refractivity contribution < 1.29 is 9.90 Å². The Hall–Kier alpha value is -1.55. The van der Waals surface area contributed by atoms with Crippen molar-refractivity contribution in [2.75, 3.05) is 19.7 Å². The highest BCUT2D eigenvalue weighted by Crippen LogP contribution is 2.34. The van der Waals surface area contributed by atoms with Crippen molar-refractivity contribution in [1.29, 1.82) is 0 Å². The van der Waals surface area contributed by atoms with Crippen LogP contribution in [-0.4, -0.2) is 35.7 Å². The molecule has 0 aliphatic carbocycles. The number of nitrogens with one attached hydrogen (secondary N) is 1. The van der Waals surface area contributed by atoms with Gasteiger partial charge in [0.15, 0.2) is 0 Å². The lowest BCUT2D eigenvalue weighted by atomic mass is 9.77. The van der Waals surface area contributed by atoms with E-state index in [0.717, 1.165) is 37.9 Å². The zero-order valence-electron chi connectivity index (χ0n) is 13.9. The van der Waals surface area contributed by atoms with Crippen LogP contribution in [0.2, 0.25) is 0 Å². The Morgan fingerprint density at radius 2 is 2.00 bits per heavy atom. The Balaban J connectivity index is 1.92. The molecule has 0 radical (unpaired) electrons. The van der Waals surface area contributed by atoms with Crippen LogP contribution in [0.25, 0.3) is 0 Å². The summed E-state index contributed by atoms with van der Waals surface area (Å²) in [4.78, 5) is 14.3. The molecule has 1 saturated heterocycles. The van der Waals surface area contributed by atoms with E-state index in [1.807, 2.05) is 24.0 Å². The van der Waals surface area contributed by atoms with Gasteiger partial charge in [-0.3, -0.25) is 0 Å². The SMILES string of the molecule is CCC1(CO)CCN(C(=O)NC(C)c2ccccc2C)CC1. The molecule has 1 aliphatic heterocycles. The molecule has 2 rings (SSSR count). The van der Waals surface area contributed by atoms with E-state index in [-0.39, 0.29) is 24.1 Å². The number of aliphatic hydroxyl groups is 1. The van der Waals surface area contributed by atoms with Crippen molar-refractivity contribution in [3.8, 4) is 0 Å². The summed E-state index contributed by atoms with van der Waals surface area (Å²) in [5, 5.41) is 12.7. The average molecular weight is 304 g/mol. The fourth-order valence-corrected chi connectivity index (χ4v) is 3.23. The third-order valence-electron chi connectivity index (χ3n) is 5.19.